The van der Waals surface area contributed by atoms with E-state index in [-0.39, 0.29) is 0 Å². The van der Waals surface area contributed by atoms with Crippen LogP contribution in [0.4, 0.5) is 0 Å². The van der Waals surface area contributed by atoms with Crippen LogP contribution in [0.5, 0.6) is 0 Å². The van der Waals surface area contributed by atoms with Crippen LogP contribution >= 0.6 is 0 Å². The highest BCUT2D eigenvalue weighted by atomic mass is 16.5. The van der Waals surface area contributed by atoms with Gasteiger partial charge in [0.15, 0.2) is 0 Å². The fourth-order valence-electron chi connectivity index (χ4n) is 0.428. The Balaban J connectivity index is 2.83. The van der Waals surface area contributed by atoms with Crippen molar-refractivity contribution in [2.24, 2.45) is 0 Å². The molecule has 0 heterocycles. The molecule has 0 bridgehead atoms. The smallest absolute Gasteiger partial charge is 0.103 e. The molecule has 0 amide bonds. The van der Waals surface area contributed by atoms with E-state index in [1.807, 2.05) is 7.05 Å². The first kappa shape index (κ1) is 6.92. The standard InChI is InChI=1S/C5H13NO/c1-5(7-3)4-6-2/h5-6H,4H2,1-3H3/p+1/t5-/m0/s1. The molecule has 0 unspecified atom stereocenters. The predicted octanol–water partition coefficient (Wildman–Crippen LogP) is -0.785. The quantitative estimate of drug-likeness (QED) is 0.499. The lowest BCUT2D eigenvalue weighted by Crippen LogP contribution is -2.82. The SMILES string of the molecule is C[NH2+]C[C@H](C)OC. The number of rotatable bonds is 3. The average Bonchev–Trinajstić information content (AvgIpc) is 1.68. The van der Waals surface area contributed by atoms with Crippen LogP contribution in [0, 0.1) is 0 Å². The minimum Gasteiger partial charge on any atom is -0.376 e. The molecule has 0 aliphatic carbocycles. The molecule has 0 radical (unpaired) electrons. The van der Waals surface area contributed by atoms with Gasteiger partial charge in [0.1, 0.15) is 12.6 Å². The molecule has 0 aliphatic rings. The predicted molar refractivity (Wildman–Crippen MR) is 29.2 cm³/mol. The fraction of sp³-hybridized carbons (Fsp3) is 1.00. The van der Waals surface area contributed by atoms with E-state index < -0.39 is 0 Å². The Morgan fingerprint density at radius 2 is 2.29 bits per heavy atom. The summed E-state index contributed by atoms with van der Waals surface area (Å²) in [5.41, 5.74) is 0. The van der Waals surface area contributed by atoms with Crippen molar-refractivity contribution in [2.75, 3.05) is 20.7 Å². The number of hydrogen-bond acceptors (Lipinski definition) is 1. The zero-order valence-electron chi connectivity index (χ0n) is 5.27. The highest BCUT2D eigenvalue weighted by Gasteiger charge is 1.95. The number of quaternary nitrogens is 1. The van der Waals surface area contributed by atoms with Crippen LogP contribution in [-0.4, -0.2) is 26.8 Å². The first-order valence-electron chi connectivity index (χ1n) is 2.62. The van der Waals surface area contributed by atoms with E-state index in [1.165, 1.54) is 0 Å². The molecular weight excluding hydrogens is 90.1 g/mol. The third kappa shape index (κ3) is 3.76. The van der Waals surface area contributed by atoms with Gasteiger partial charge in [-0.05, 0) is 6.92 Å². The fourth-order valence-corrected chi connectivity index (χ4v) is 0.428. The van der Waals surface area contributed by atoms with E-state index >= 15 is 0 Å². The summed E-state index contributed by atoms with van der Waals surface area (Å²) >= 11 is 0. The number of nitrogens with two attached hydrogens (primary N) is 1. The summed E-state index contributed by atoms with van der Waals surface area (Å²) in [6.45, 7) is 3.11. The van der Waals surface area contributed by atoms with Gasteiger partial charge in [-0.3, -0.25) is 0 Å². The molecular formula is C5H14NO+. The van der Waals surface area contributed by atoms with Crippen LogP contribution in [0.1, 0.15) is 6.92 Å². The molecule has 0 aromatic heterocycles. The van der Waals surface area contributed by atoms with E-state index in [4.69, 9.17) is 4.74 Å². The number of methoxy groups -OCH3 is 1. The van der Waals surface area contributed by atoms with Crippen molar-refractivity contribution < 1.29 is 10.1 Å². The summed E-state index contributed by atoms with van der Waals surface area (Å²) in [7, 11) is 3.77. The molecule has 0 saturated carbocycles. The van der Waals surface area contributed by atoms with Gasteiger partial charge in [-0.25, -0.2) is 0 Å². The number of hydrogen-bond donors (Lipinski definition) is 1. The lowest BCUT2D eigenvalue weighted by Gasteiger charge is -2.03. The molecule has 44 valence electrons. The maximum Gasteiger partial charge on any atom is 0.103 e. The van der Waals surface area contributed by atoms with Crippen molar-refractivity contribution in [1.29, 1.82) is 0 Å². The molecule has 0 fully saturated rings. The molecule has 2 N–H and O–H groups in total. The summed E-state index contributed by atoms with van der Waals surface area (Å²) in [5.74, 6) is 0. The Kier molecular flexibility index (Phi) is 4.04. The van der Waals surface area contributed by atoms with Crippen LogP contribution in [0.2, 0.25) is 0 Å². The molecule has 1 atom stereocenters. The Morgan fingerprint density at radius 3 is 2.43 bits per heavy atom. The second-order valence-electron chi connectivity index (χ2n) is 1.69. The summed E-state index contributed by atoms with van der Waals surface area (Å²) in [5, 5.41) is 2.11. The molecule has 0 aliphatic heterocycles. The summed E-state index contributed by atoms with van der Waals surface area (Å²) < 4.78 is 4.96. The molecule has 0 aromatic carbocycles. The van der Waals surface area contributed by atoms with Crippen molar-refractivity contribution in [3.63, 3.8) is 0 Å². The normalized spacial score (nSPS) is 14.1. The maximum atomic E-state index is 4.96. The first-order chi connectivity index (χ1) is 3.31. The first-order valence-corrected chi connectivity index (χ1v) is 2.62. The average molecular weight is 104 g/mol. The van der Waals surface area contributed by atoms with Gasteiger partial charge in [-0.2, -0.15) is 0 Å². The van der Waals surface area contributed by atoms with E-state index in [0.29, 0.717) is 6.10 Å². The molecule has 0 rings (SSSR count). The Hall–Kier alpha value is -0.0800. The Morgan fingerprint density at radius 1 is 1.71 bits per heavy atom. The van der Waals surface area contributed by atoms with Crippen molar-refractivity contribution in [1.82, 2.24) is 0 Å². The van der Waals surface area contributed by atoms with Gasteiger partial charge in [0.05, 0.1) is 7.05 Å². The maximum absolute atomic E-state index is 4.96. The van der Waals surface area contributed by atoms with Crippen molar-refractivity contribution >= 4 is 0 Å². The highest BCUT2D eigenvalue weighted by molar-refractivity contribution is 4.38. The Labute approximate surface area is 44.9 Å². The molecule has 2 nitrogen and oxygen atoms in total. The molecule has 0 saturated heterocycles. The largest absolute Gasteiger partial charge is 0.376 e. The number of ether oxygens (including phenoxy) is 1. The summed E-state index contributed by atoms with van der Waals surface area (Å²) in [6, 6.07) is 0. The van der Waals surface area contributed by atoms with Crippen molar-refractivity contribution in [3.05, 3.63) is 0 Å². The highest BCUT2D eigenvalue weighted by Crippen LogP contribution is 1.77. The second-order valence-corrected chi connectivity index (χ2v) is 1.69. The van der Waals surface area contributed by atoms with E-state index in [9.17, 15) is 0 Å². The zero-order chi connectivity index (χ0) is 5.70. The molecule has 2 heteroatoms. The van der Waals surface area contributed by atoms with Gasteiger partial charge in [0.2, 0.25) is 0 Å². The van der Waals surface area contributed by atoms with Crippen LogP contribution in [0.15, 0.2) is 0 Å². The lowest BCUT2D eigenvalue weighted by atomic mass is 10.4. The Bertz CT molecular complexity index is 39.1. The van der Waals surface area contributed by atoms with Gasteiger partial charge < -0.3 is 10.1 Å². The zero-order valence-corrected chi connectivity index (χ0v) is 5.27. The lowest BCUT2D eigenvalue weighted by molar-refractivity contribution is -0.633. The van der Waals surface area contributed by atoms with E-state index in [0.717, 1.165) is 6.54 Å². The van der Waals surface area contributed by atoms with Crippen LogP contribution < -0.4 is 5.32 Å². The van der Waals surface area contributed by atoms with Crippen LogP contribution in [0.3, 0.4) is 0 Å². The molecule has 0 spiro atoms. The molecule has 7 heavy (non-hydrogen) atoms. The van der Waals surface area contributed by atoms with Gasteiger partial charge in [0.25, 0.3) is 0 Å². The molecule has 0 aromatic rings. The second kappa shape index (κ2) is 4.09. The van der Waals surface area contributed by atoms with Gasteiger partial charge >= 0.3 is 0 Å². The van der Waals surface area contributed by atoms with Crippen LogP contribution in [0.25, 0.3) is 0 Å². The van der Waals surface area contributed by atoms with Crippen molar-refractivity contribution in [3.8, 4) is 0 Å². The van der Waals surface area contributed by atoms with Gasteiger partial charge in [-0.15, -0.1) is 0 Å². The van der Waals surface area contributed by atoms with E-state index in [2.05, 4.69) is 12.2 Å². The van der Waals surface area contributed by atoms with Crippen molar-refractivity contribution in [2.45, 2.75) is 13.0 Å². The van der Waals surface area contributed by atoms with Gasteiger partial charge in [0, 0.05) is 7.11 Å². The number of likely N-dealkylation sites (N-methyl/N-ethyl adjacent to an activating group) is 1. The van der Waals surface area contributed by atoms with Gasteiger partial charge in [-0.1, -0.05) is 0 Å². The third-order valence-electron chi connectivity index (χ3n) is 0.970. The van der Waals surface area contributed by atoms with Crippen LogP contribution in [-0.2, 0) is 4.74 Å². The van der Waals surface area contributed by atoms with E-state index in [1.54, 1.807) is 7.11 Å². The monoisotopic (exact) mass is 104 g/mol. The third-order valence-corrected chi connectivity index (χ3v) is 0.970. The summed E-state index contributed by atoms with van der Waals surface area (Å²) in [6.07, 6.45) is 0.394. The minimum absolute atomic E-state index is 0.394. The summed E-state index contributed by atoms with van der Waals surface area (Å²) in [4.78, 5) is 0. The topological polar surface area (TPSA) is 25.8 Å². The minimum atomic E-state index is 0.394.